The Morgan fingerprint density at radius 2 is 2.57 bits per heavy atom. The molecular formula is C11H14N2O. The summed E-state index contributed by atoms with van der Waals surface area (Å²) >= 11 is 0. The fourth-order valence-corrected chi connectivity index (χ4v) is 2.56. The van der Waals surface area contributed by atoms with E-state index in [1.54, 1.807) is 6.20 Å². The van der Waals surface area contributed by atoms with Crippen molar-refractivity contribution < 1.29 is 4.52 Å². The molecule has 3 atom stereocenters. The zero-order valence-corrected chi connectivity index (χ0v) is 8.10. The number of hydrogen-bond donors (Lipinski definition) is 0. The van der Waals surface area contributed by atoms with Crippen LogP contribution in [-0.2, 0) is 0 Å². The summed E-state index contributed by atoms with van der Waals surface area (Å²) in [4.78, 5) is 2.55. The maximum absolute atomic E-state index is 5.02. The summed E-state index contributed by atoms with van der Waals surface area (Å²) in [6.07, 6.45) is 8.69. The van der Waals surface area contributed by atoms with Crippen molar-refractivity contribution in [2.45, 2.75) is 18.9 Å². The summed E-state index contributed by atoms with van der Waals surface area (Å²) in [5.41, 5.74) is 0. The first-order valence-electron chi connectivity index (χ1n) is 5.25. The third-order valence-corrected chi connectivity index (χ3v) is 3.30. The van der Waals surface area contributed by atoms with E-state index in [0.717, 1.165) is 11.7 Å². The van der Waals surface area contributed by atoms with Gasteiger partial charge in [-0.15, -0.1) is 0 Å². The highest BCUT2D eigenvalue weighted by Gasteiger charge is 2.35. The lowest BCUT2D eigenvalue weighted by Crippen LogP contribution is -2.27. The minimum atomic E-state index is 0.638. The number of rotatable bonds is 2. The smallest absolute Gasteiger partial charge is 0.159 e. The highest BCUT2D eigenvalue weighted by Crippen LogP contribution is 2.33. The van der Waals surface area contributed by atoms with Crippen molar-refractivity contribution in [3.63, 3.8) is 0 Å². The number of aromatic nitrogens is 1. The number of piperidine rings is 1. The van der Waals surface area contributed by atoms with Crippen LogP contribution < -0.4 is 0 Å². The van der Waals surface area contributed by atoms with Crippen LogP contribution in [0.2, 0.25) is 0 Å². The monoisotopic (exact) mass is 190 g/mol. The van der Waals surface area contributed by atoms with E-state index in [9.17, 15) is 0 Å². The molecular weight excluding hydrogens is 176 g/mol. The van der Waals surface area contributed by atoms with Gasteiger partial charge in [-0.1, -0.05) is 11.2 Å². The fraction of sp³-hybridized carbons (Fsp3) is 0.545. The lowest BCUT2D eigenvalue weighted by Gasteiger charge is -2.20. The number of nitrogens with zero attached hydrogens (tertiary/aromatic N) is 2. The molecule has 0 aromatic carbocycles. The molecule has 2 aliphatic heterocycles. The normalized spacial score (nSPS) is 35.9. The van der Waals surface area contributed by atoms with Crippen molar-refractivity contribution in [3.05, 3.63) is 24.1 Å². The van der Waals surface area contributed by atoms with Crippen LogP contribution >= 0.6 is 0 Å². The standard InChI is InChI=1S/C11H14N2O/c1(2-11-3-5-12-14-11)10-7-9-4-6-13(10)8-9/h1-3,5,9-10H,4,6-8H2. The molecule has 3 unspecified atom stereocenters. The van der Waals surface area contributed by atoms with E-state index < -0.39 is 0 Å². The molecule has 3 heterocycles. The molecule has 1 aromatic heterocycles. The van der Waals surface area contributed by atoms with E-state index >= 15 is 0 Å². The topological polar surface area (TPSA) is 29.3 Å². The van der Waals surface area contributed by atoms with Crippen LogP contribution in [0.4, 0.5) is 0 Å². The molecule has 14 heavy (non-hydrogen) atoms. The van der Waals surface area contributed by atoms with E-state index in [1.165, 1.54) is 25.9 Å². The fourth-order valence-electron chi connectivity index (χ4n) is 2.56. The molecule has 0 saturated carbocycles. The second-order valence-electron chi connectivity index (χ2n) is 4.23. The largest absolute Gasteiger partial charge is 0.357 e. The Bertz CT molecular complexity index is 331. The van der Waals surface area contributed by atoms with Crippen LogP contribution in [0.25, 0.3) is 6.08 Å². The zero-order valence-electron chi connectivity index (χ0n) is 8.10. The van der Waals surface area contributed by atoms with E-state index in [2.05, 4.69) is 16.1 Å². The van der Waals surface area contributed by atoms with Crippen LogP contribution in [-0.4, -0.2) is 29.2 Å². The van der Waals surface area contributed by atoms with Crippen molar-refractivity contribution in [3.8, 4) is 0 Å². The summed E-state index contributed by atoms with van der Waals surface area (Å²) in [6, 6.07) is 2.53. The third-order valence-electron chi connectivity index (χ3n) is 3.30. The highest BCUT2D eigenvalue weighted by molar-refractivity contribution is 5.42. The molecule has 3 nitrogen and oxygen atoms in total. The first kappa shape index (κ1) is 8.24. The molecule has 2 fully saturated rings. The Morgan fingerprint density at radius 3 is 3.21 bits per heavy atom. The van der Waals surface area contributed by atoms with E-state index in [1.807, 2.05) is 12.1 Å². The maximum Gasteiger partial charge on any atom is 0.159 e. The summed E-state index contributed by atoms with van der Waals surface area (Å²) < 4.78 is 5.02. The van der Waals surface area contributed by atoms with Gasteiger partial charge in [0.2, 0.25) is 0 Å². The van der Waals surface area contributed by atoms with Crippen LogP contribution in [0.1, 0.15) is 18.6 Å². The molecule has 74 valence electrons. The number of fused-ring (bicyclic) bond motifs is 2. The quantitative estimate of drug-likeness (QED) is 0.712. The van der Waals surface area contributed by atoms with Gasteiger partial charge in [0, 0.05) is 18.7 Å². The Balaban J connectivity index is 1.68. The second kappa shape index (κ2) is 3.24. The SMILES string of the molecule is C(=CC1CC2CCN1C2)c1ccno1. The predicted octanol–water partition coefficient (Wildman–Crippen LogP) is 1.78. The van der Waals surface area contributed by atoms with Crippen molar-refractivity contribution >= 4 is 6.08 Å². The molecule has 2 saturated heterocycles. The van der Waals surface area contributed by atoms with Crippen LogP contribution in [0.3, 0.4) is 0 Å². The van der Waals surface area contributed by atoms with Crippen molar-refractivity contribution in [2.24, 2.45) is 5.92 Å². The van der Waals surface area contributed by atoms with Gasteiger partial charge in [0.15, 0.2) is 5.76 Å². The van der Waals surface area contributed by atoms with Crippen LogP contribution in [0.5, 0.6) is 0 Å². The van der Waals surface area contributed by atoms with E-state index in [4.69, 9.17) is 4.52 Å². The molecule has 0 amide bonds. The molecule has 1 aromatic rings. The van der Waals surface area contributed by atoms with Crippen molar-refractivity contribution in [1.82, 2.24) is 10.1 Å². The Morgan fingerprint density at radius 1 is 1.57 bits per heavy atom. The van der Waals surface area contributed by atoms with Gasteiger partial charge in [-0.3, -0.25) is 4.90 Å². The van der Waals surface area contributed by atoms with Gasteiger partial charge in [-0.25, -0.2) is 0 Å². The maximum atomic E-state index is 5.02. The zero-order chi connectivity index (χ0) is 9.38. The van der Waals surface area contributed by atoms with Gasteiger partial charge in [-0.05, 0) is 31.4 Å². The molecule has 2 bridgehead atoms. The molecule has 3 rings (SSSR count). The lowest BCUT2D eigenvalue weighted by atomic mass is 10.0. The Kier molecular flexibility index (Phi) is 1.91. The summed E-state index contributed by atoms with van der Waals surface area (Å²) in [6.45, 7) is 2.57. The molecule has 0 aliphatic carbocycles. The van der Waals surface area contributed by atoms with Crippen molar-refractivity contribution in [2.75, 3.05) is 13.1 Å². The third kappa shape index (κ3) is 1.38. The van der Waals surface area contributed by atoms with Crippen LogP contribution in [0.15, 0.2) is 22.9 Å². The molecule has 2 aliphatic rings. The summed E-state index contributed by atoms with van der Waals surface area (Å²) in [5, 5.41) is 3.68. The van der Waals surface area contributed by atoms with Crippen LogP contribution in [0, 0.1) is 5.92 Å². The number of hydrogen-bond acceptors (Lipinski definition) is 3. The van der Waals surface area contributed by atoms with E-state index in [0.29, 0.717) is 6.04 Å². The van der Waals surface area contributed by atoms with Gasteiger partial charge in [0.1, 0.15) is 0 Å². The van der Waals surface area contributed by atoms with Gasteiger partial charge >= 0.3 is 0 Å². The minimum absolute atomic E-state index is 0.638. The lowest BCUT2D eigenvalue weighted by molar-refractivity contribution is 0.306. The summed E-state index contributed by atoms with van der Waals surface area (Å²) in [5.74, 6) is 1.80. The Labute approximate surface area is 83.4 Å². The van der Waals surface area contributed by atoms with E-state index in [-0.39, 0.29) is 0 Å². The van der Waals surface area contributed by atoms with Gasteiger partial charge in [0.25, 0.3) is 0 Å². The Hall–Kier alpha value is -1.09. The molecule has 0 N–H and O–H groups in total. The van der Waals surface area contributed by atoms with Gasteiger partial charge in [0.05, 0.1) is 6.20 Å². The average molecular weight is 190 g/mol. The molecule has 0 radical (unpaired) electrons. The minimum Gasteiger partial charge on any atom is -0.357 e. The highest BCUT2D eigenvalue weighted by atomic mass is 16.5. The second-order valence-corrected chi connectivity index (χ2v) is 4.23. The van der Waals surface area contributed by atoms with Gasteiger partial charge < -0.3 is 4.52 Å². The summed E-state index contributed by atoms with van der Waals surface area (Å²) in [7, 11) is 0. The first-order chi connectivity index (χ1) is 6.92. The molecule has 3 heteroatoms. The van der Waals surface area contributed by atoms with Crippen molar-refractivity contribution in [1.29, 1.82) is 0 Å². The molecule has 0 spiro atoms. The average Bonchev–Trinajstić information content (AvgIpc) is 2.91. The van der Waals surface area contributed by atoms with Gasteiger partial charge in [-0.2, -0.15) is 0 Å². The first-order valence-corrected chi connectivity index (χ1v) is 5.25. The predicted molar refractivity (Wildman–Crippen MR) is 53.6 cm³/mol.